The maximum Gasteiger partial charge on any atom is 0.270 e. The van der Waals surface area contributed by atoms with Gasteiger partial charge < -0.3 is 20.6 Å². The molecule has 4 rings (SSSR count). The van der Waals surface area contributed by atoms with E-state index in [1.54, 1.807) is 36.6 Å². The van der Waals surface area contributed by atoms with Gasteiger partial charge in [-0.05, 0) is 42.3 Å². The molecule has 1 amide bonds. The Hall–Kier alpha value is -3.40. The van der Waals surface area contributed by atoms with E-state index in [-0.39, 0.29) is 18.4 Å². The molecule has 0 aliphatic carbocycles. The van der Waals surface area contributed by atoms with Crippen molar-refractivity contribution >= 4 is 34.3 Å². The van der Waals surface area contributed by atoms with Crippen LogP contribution in [0.2, 0.25) is 0 Å². The first-order valence-corrected chi connectivity index (χ1v) is 10.9. The topological polar surface area (TPSA) is 116 Å². The number of amides is 1. The van der Waals surface area contributed by atoms with Crippen LogP contribution in [0.4, 0.5) is 22.0 Å². The van der Waals surface area contributed by atoms with Crippen molar-refractivity contribution in [3.63, 3.8) is 0 Å². The first-order chi connectivity index (χ1) is 15.7. The van der Waals surface area contributed by atoms with Gasteiger partial charge in [0.1, 0.15) is 17.3 Å². The van der Waals surface area contributed by atoms with E-state index in [0.29, 0.717) is 41.6 Å². The van der Waals surface area contributed by atoms with Crippen molar-refractivity contribution in [1.29, 1.82) is 0 Å². The van der Waals surface area contributed by atoms with Gasteiger partial charge in [-0.3, -0.25) is 9.78 Å². The Morgan fingerprint density at radius 3 is 2.73 bits per heavy atom. The Morgan fingerprint density at radius 1 is 1.24 bits per heavy atom. The third kappa shape index (κ3) is 4.56. The van der Waals surface area contributed by atoms with Gasteiger partial charge in [0.05, 0.1) is 12.6 Å². The van der Waals surface area contributed by atoms with Crippen molar-refractivity contribution in [2.75, 3.05) is 30.4 Å². The molecule has 3 aromatic rings. The molecule has 1 saturated heterocycles. The summed E-state index contributed by atoms with van der Waals surface area (Å²) in [5.74, 6) is 1.36. The summed E-state index contributed by atoms with van der Waals surface area (Å²) >= 11 is 0. The van der Waals surface area contributed by atoms with Crippen LogP contribution in [0.5, 0.6) is 0 Å². The predicted octanol–water partition coefficient (Wildman–Crippen LogP) is 2.95. The molecule has 1 fully saturated rings. The van der Waals surface area contributed by atoms with Crippen LogP contribution in [0.15, 0.2) is 30.7 Å². The summed E-state index contributed by atoms with van der Waals surface area (Å²) in [5.41, 5.74) is -0.406. The summed E-state index contributed by atoms with van der Waals surface area (Å²) in [4.78, 5) is 31.6. The Labute approximate surface area is 191 Å². The Morgan fingerprint density at radius 2 is 2.03 bits per heavy atom. The molecule has 0 unspecified atom stereocenters. The van der Waals surface area contributed by atoms with E-state index in [1.807, 2.05) is 6.07 Å². The Kier molecular flexibility index (Phi) is 6.11. The number of fused-ring (bicyclic) bond motifs is 1. The molecule has 0 radical (unpaired) electrons. The molecular formula is C23H28FN7O2. The molecule has 2 atom stereocenters. The number of alkyl halides is 1. The molecule has 10 heteroatoms. The largest absolute Gasteiger partial charge is 0.390 e. The summed E-state index contributed by atoms with van der Waals surface area (Å²) in [6, 6.07) is 3.57. The minimum absolute atomic E-state index is 0.0128. The predicted molar refractivity (Wildman–Crippen MR) is 125 cm³/mol. The van der Waals surface area contributed by atoms with Gasteiger partial charge in [-0.25, -0.2) is 14.4 Å². The summed E-state index contributed by atoms with van der Waals surface area (Å²) in [5, 5.41) is 17.2. The van der Waals surface area contributed by atoms with E-state index in [4.69, 9.17) is 0 Å². The minimum atomic E-state index is -1.73. The molecule has 0 saturated carbocycles. The fourth-order valence-electron chi connectivity index (χ4n) is 3.99. The van der Waals surface area contributed by atoms with Crippen LogP contribution in [0.1, 0.15) is 49.2 Å². The number of rotatable bonds is 5. The zero-order chi connectivity index (χ0) is 23.8. The summed E-state index contributed by atoms with van der Waals surface area (Å²) in [7, 11) is 1.57. The number of nitrogens with zero attached hydrogens (tertiary/aromatic N) is 5. The van der Waals surface area contributed by atoms with Gasteiger partial charge in [-0.15, -0.1) is 0 Å². The number of aliphatic hydroxyl groups is 1. The molecule has 3 aromatic heterocycles. The number of aromatic nitrogens is 4. The van der Waals surface area contributed by atoms with Gasteiger partial charge in [-0.2, -0.15) is 4.98 Å². The highest BCUT2D eigenvalue weighted by Gasteiger charge is 2.39. The van der Waals surface area contributed by atoms with Crippen molar-refractivity contribution in [2.24, 2.45) is 0 Å². The monoisotopic (exact) mass is 453 g/mol. The van der Waals surface area contributed by atoms with Crippen molar-refractivity contribution in [2.45, 2.75) is 44.9 Å². The minimum Gasteiger partial charge on any atom is -0.390 e. The first kappa shape index (κ1) is 22.8. The molecule has 174 valence electrons. The maximum absolute atomic E-state index is 14.6. The van der Waals surface area contributed by atoms with Gasteiger partial charge >= 0.3 is 0 Å². The average molecular weight is 454 g/mol. The van der Waals surface area contributed by atoms with E-state index in [2.05, 4.69) is 44.4 Å². The number of halogens is 1. The summed E-state index contributed by atoms with van der Waals surface area (Å²) in [6.45, 7) is 5.99. The molecule has 9 nitrogen and oxygen atoms in total. The molecule has 0 bridgehead atoms. The maximum atomic E-state index is 14.6. The molecular weight excluding hydrogens is 425 g/mol. The average Bonchev–Trinajstić information content (AvgIpc) is 2.79. The molecule has 3 N–H and O–H groups in total. The smallest absolute Gasteiger partial charge is 0.270 e. The van der Waals surface area contributed by atoms with Crippen molar-refractivity contribution in [3.8, 4) is 0 Å². The van der Waals surface area contributed by atoms with Crippen LogP contribution in [0, 0.1) is 0 Å². The molecule has 1 aliphatic heterocycles. The fraction of sp³-hybridized carbons (Fsp3) is 0.435. The number of aliphatic hydroxyl groups excluding tert-OH is 1. The van der Waals surface area contributed by atoms with Crippen molar-refractivity contribution < 1.29 is 14.3 Å². The Bertz CT molecular complexity index is 1180. The van der Waals surface area contributed by atoms with Crippen molar-refractivity contribution in [3.05, 3.63) is 42.0 Å². The fourth-order valence-corrected chi connectivity index (χ4v) is 3.99. The third-order valence-electron chi connectivity index (χ3n) is 5.92. The highest BCUT2D eigenvalue weighted by Crippen LogP contribution is 2.30. The number of pyridine rings is 2. The highest BCUT2D eigenvalue weighted by molar-refractivity contribution is 6.06. The number of hydrogen-bond donors (Lipinski definition) is 3. The lowest BCUT2D eigenvalue weighted by atomic mass is 9.94. The SMILES string of the molecule is CNC(=O)c1ncc(C(C)C)c2cc(Nc3ccnc(N4CC[C@@H](O)[C@@](C)(F)C4)n3)ncc12. The van der Waals surface area contributed by atoms with E-state index in [9.17, 15) is 14.3 Å². The number of carbonyl (C=O) groups excluding carboxylic acids is 1. The molecule has 0 spiro atoms. The van der Waals surface area contributed by atoms with Gasteiger partial charge in [0, 0.05) is 37.6 Å². The standard InChI is InChI=1S/C23H28FN7O2/c1-13(2)15-10-28-20(21(33)25-4)16-11-27-19(9-14(15)16)29-18-5-7-26-22(30-18)31-8-6-17(32)23(3,24)12-31/h5,7,9-11,13,17,32H,6,8,12H2,1-4H3,(H,25,33)(H,26,27,29,30)/t17-,23+/m1/s1. The number of hydrogen-bond acceptors (Lipinski definition) is 8. The van der Waals surface area contributed by atoms with Gasteiger partial charge in [0.15, 0.2) is 5.67 Å². The molecule has 4 heterocycles. The number of piperidine rings is 1. The van der Waals surface area contributed by atoms with Crippen LogP contribution in [-0.4, -0.2) is 62.9 Å². The zero-order valence-electron chi connectivity index (χ0n) is 19.1. The van der Waals surface area contributed by atoms with Crippen LogP contribution in [0.3, 0.4) is 0 Å². The second-order valence-corrected chi connectivity index (χ2v) is 8.78. The zero-order valence-corrected chi connectivity index (χ0v) is 19.1. The van der Waals surface area contributed by atoms with E-state index in [1.165, 1.54) is 6.92 Å². The quantitative estimate of drug-likeness (QED) is 0.540. The number of anilines is 3. The second kappa shape index (κ2) is 8.86. The Balaban J connectivity index is 1.65. The van der Waals surface area contributed by atoms with Gasteiger partial charge in [-0.1, -0.05) is 13.8 Å². The molecule has 0 aromatic carbocycles. The number of carbonyl (C=O) groups is 1. The van der Waals surface area contributed by atoms with Gasteiger partial charge in [0.25, 0.3) is 5.91 Å². The summed E-state index contributed by atoms with van der Waals surface area (Å²) < 4.78 is 14.6. The van der Waals surface area contributed by atoms with E-state index < -0.39 is 11.8 Å². The normalized spacial score (nSPS) is 20.8. The van der Waals surface area contributed by atoms with Crippen LogP contribution in [-0.2, 0) is 0 Å². The lowest BCUT2D eigenvalue weighted by molar-refractivity contribution is -0.00860. The lowest BCUT2D eigenvalue weighted by Crippen LogP contribution is -2.52. The lowest BCUT2D eigenvalue weighted by Gasteiger charge is -2.38. The first-order valence-electron chi connectivity index (χ1n) is 10.9. The molecule has 1 aliphatic rings. The van der Waals surface area contributed by atoms with Crippen LogP contribution >= 0.6 is 0 Å². The highest BCUT2D eigenvalue weighted by atomic mass is 19.1. The van der Waals surface area contributed by atoms with Crippen LogP contribution < -0.4 is 15.5 Å². The molecule has 33 heavy (non-hydrogen) atoms. The second-order valence-electron chi connectivity index (χ2n) is 8.78. The van der Waals surface area contributed by atoms with E-state index in [0.717, 1.165) is 10.9 Å². The van der Waals surface area contributed by atoms with Crippen molar-refractivity contribution in [1.82, 2.24) is 25.3 Å². The van der Waals surface area contributed by atoms with E-state index >= 15 is 0 Å². The summed E-state index contributed by atoms with van der Waals surface area (Å²) in [6.07, 6.45) is 4.26. The third-order valence-corrected chi connectivity index (χ3v) is 5.92. The van der Waals surface area contributed by atoms with Crippen LogP contribution in [0.25, 0.3) is 10.8 Å². The van der Waals surface area contributed by atoms with Gasteiger partial charge in [0.2, 0.25) is 5.95 Å². The number of nitrogens with one attached hydrogen (secondary N) is 2.